The molecule has 0 radical (unpaired) electrons. The molecule has 4 saturated carbocycles. The maximum atomic E-state index is 13.7. The Hall–Kier alpha value is -1.47. The predicted octanol–water partition coefficient (Wildman–Crippen LogP) is 7.59. The average molecular weight is 652 g/mol. The Morgan fingerprint density at radius 1 is 0.915 bits per heavy atom. The quantitative estimate of drug-likeness (QED) is 0.109. The number of carbonyl (C=O) groups excluding carboxylic acids is 1. The van der Waals surface area contributed by atoms with Gasteiger partial charge in [-0.25, -0.2) is 4.79 Å². The smallest absolute Gasteiger partial charge is 0.338 e. The van der Waals surface area contributed by atoms with Gasteiger partial charge in [0.15, 0.2) is 0 Å². The van der Waals surface area contributed by atoms with E-state index in [4.69, 9.17) is 10.5 Å². The number of nitrogens with two attached hydrogens (primary N) is 1. The molecular weight excluding hydrogens is 582 g/mol. The Balaban J connectivity index is 1.29. The number of aliphatic hydroxyl groups excluding tert-OH is 1. The molecule has 4 aliphatic rings. The van der Waals surface area contributed by atoms with Gasteiger partial charge in [-0.15, -0.1) is 0 Å². The van der Waals surface area contributed by atoms with Crippen LogP contribution in [0.15, 0.2) is 30.3 Å². The number of fused-ring (bicyclic) bond motifs is 5. The van der Waals surface area contributed by atoms with E-state index in [1.807, 2.05) is 30.3 Å². The van der Waals surface area contributed by atoms with Gasteiger partial charge >= 0.3 is 5.97 Å². The maximum absolute atomic E-state index is 13.7. The lowest BCUT2D eigenvalue weighted by atomic mass is 9.43. The number of rotatable bonds is 16. The Morgan fingerprint density at radius 2 is 1.64 bits per heavy atom. The van der Waals surface area contributed by atoms with E-state index in [2.05, 4.69) is 45.3 Å². The van der Waals surface area contributed by atoms with E-state index in [-0.39, 0.29) is 23.6 Å². The number of hydrogen-bond donors (Lipinski definition) is 4. The summed E-state index contributed by atoms with van der Waals surface area (Å²) < 4.78 is 6.68. The standard InChI is InChI=1S/C41H69N3O3/c1-28(2)36(45)17-14-29(3)33-15-16-34-38-35(19-21-41(33,34)5)40(4)20-18-32(44-25-11-24-43-23-10-9-22-42)26-31(40)27-37(38)47-39(46)30-12-7-6-8-13-30/h6-8,12-13,28-29,31-38,43-45H,9-11,14-27,42H2,1-5H3/t29-,31?,32?,33-,34+,35+,36?,37?,38+,40+,41-/m1/s1. The first kappa shape index (κ1) is 36.8. The van der Waals surface area contributed by atoms with Crippen LogP contribution in [0.5, 0.6) is 0 Å². The van der Waals surface area contributed by atoms with Crippen molar-refractivity contribution in [2.45, 2.75) is 136 Å². The van der Waals surface area contributed by atoms with Crippen molar-refractivity contribution in [3.63, 3.8) is 0 Å². The SMILES string of the molecule is CC(C)C(O)CC[C@@H](C)[C@H]1CC[C@H]2[C@@H]3C(OC(=O)c4ccccc4)CC4CC(NCCCNCCCCN)CC[C@]4(C)[C@H]3CC[C@]12C. The van der Waals surface area contributed by atoms with Gasteiger partial charge in [-0.05, 0) is 168 Å². The van der Waals surface area contributed by atoms with Crippen molar-refractivity contribution in [2.24, 2.45) is 58.0 Å². The summed E-state index contributed by atoms with van der Waals surface area (Å²) in [5.41, 5.74) is 6.90. The van der Waals surface area contributed by atoms with Crippen molar-refractivity contribution < 1.29 is 14.6 Å². The summed E-state index contributed by atoms with van der Waals surface area (Å²) in [5, 5.41) is 18.1. The molecule has 6 nitrogen and oxygen atoms in total. The average Bonchev–Trinajstić information content (AvgIpc) is 3.42. The molecule has 4 unspecified atom stereocenters. The van der Waals surface area contributed by atoms with Crippen LogP contribution in [0.25, 0.3) is 0 Å². The lowest BCUT2D eigenvalue weighted by molar-refractivity contribution is -0.168. The van der Waals surface area contributed by atoms with Crippen LogP contribution in [-0.4, -0.2) is 55.5 Å². The molecule has 47 heavy (non-hydrogen) atoms. The zero-order valence-electron chi connectivity index (χ0n) is 30.5. The molecule has 0 spiro atoms. The zero-order valence-corrected chi connectivity index (χ0v) is 30.5. The van der Waals surface area contributed by atoms with Crippen LogP contribution in [-0.2, 0) is 4.74 Å². The number of hydrogen-bond acceptors (Lipinski definition) is 6. The Labute approximate surface area is 287 Å². The van der Waals surface area contributed by atoms with Gasteiger partial charge in [-0.3, -0.25) is 0 Å². The Morgan fingerprint density at radius 3 is 2.38 bits per heavy atom. The van der Waals surface area contributed by atoms with Gasteiger partial charge in [0, 0.05) is 12.0 Å². The topological polar surface area (TPSA) is 96.6 Å². The summed E-state index contributed by atoms with van der Waals surface area (Å²) in [5.74, 6) is 3.70. The number of esters is 1. The molecule has 0 heterocycles. The number of ether oxygens (including phenoxy) is 1. The van der Waals surface area contributed by atoms with Crippen molar-refractivity contribution >= 4 is 5.97 Å². The van der Waals surface area contributed by atoms with E-state index in [1.165, 1.54) is 44.9 Å². The number of aliphatic hydroxyl groups is 1. The molecule has 0 bridgehead atoms. The fourth-order valence-electron chi connectivity index (χ4n) is 11.3. The molecular formula is C41H69N3O3. The lowest BCUT2D eigenvalue weighted by Crippen LogP contribution is -2.60. The van der Waals surface area contributed by atoms with Gasteiger partial charge in [0.1, 0.15) is 6.10 Å². The number of nitrogens with one attached hydrogen (secondary N) is 2. The predicted molar refractivity (Wildman–Crippen MR) is 193 cm³/mol. The Kier molecular flexibility index (Phi) is 12.9. The van der Waals surface area contributed by atoms with Crippen molar-refractivity contribution in [1.82, 2.24) is 10.6 Å². The highest BCUT2D eigenvalue weighted by Crippen LogP contribution is 2.68. The van der Waals surface area contributed by atoms with Crippen LogP contribution in [0.4, 0.5) is 0 Å². The van der Waals surface area contributed by atoms with Crippen LogP contribution in [0.1, 0.15) is 128 Å². The second-order valence-corrected chi connectivity index (χ2v) is 17.2. The first-order valence-corrected chi connectivity index (χ1v) is 19.7. The largest absolute Gasteiger partial charge is 0.458 e. The van der Waals surface area contributed by atoms with Crippen LogP contribution in [0, 0.1) is 52.3 Å². The lowest BCUT2D eigenvalue weighted by Gasteiger charge is -2.63. The molecule has 0 aliphatic heterocycles. The van der Waals surface area contributed by atoms with E-state index in [0.717, 1.165) is 64.7 Å². The van der Waals surface area contributed by atoms with Crippen molar-refractivity contribution in [1.29, 1.82) is 0 Å². The second kappa shape index (κ2) is 16.5. The summed E-state index contributed by atoms with van der Waals surface area (Å²) in [7, 11) is 0. The normalized spacial score (nSPS) is 36.3. The van der Waals surface area contributed by atoms with E-state index in [0.29, 0.717) is 58.4 Å². The molecule has 0 aromatic heterocycles. The zero-order chi connectivity index (χ0) is 33.6. The van der Waals surface area contributed by atoms with Crippen LogP contribution in [0.2, 0.25) is 0 Å². The number of carbonyl (C=O) groups is 1. The second-order valence-electron chi connectivity index (χ2n) is 17.2. The highest BCUT2D eigenvalue weighted by molar-refractivity contribution is 5.89. The summed E-state index contributed by atoms with van der Waals surface area (Å²) in [6.07, 6.45) is 15.0. The third-order valence-corrected chi connectivity index (χ3v) is 14.1. The summed E-state index contributed by atoms with van der Waals surface area (Å²) >= 11 is 0. The molecule has 6 heteroatoms. The summed E-state index contributed by atoms with van der Waals surface area (Å²) in [4.78, 5) is 13.7. The maximum Gasteiger partial charge on any atom is 0.338 e. The molecule has 1 aromatic carbocycles. The van der Waals surface area contributed by atoms with E-state index in [9.17, 15) is 9.90 Å². The van der Waals surface area contributed by atoms with Gasteiger partial charge in [0.25, 0.3) is 0 Å². The third kappa shape index (κ3) is 8.30. The molecule has 0 amide bonds. The van der Waals surface area contributed by atoms with E-state index in [1.54, 1.807) is 0 Å². The molecule has 0 saturated heterocycles. The number of unbranched alkanes of at least 4 members (excludes halogenated alkanes) is 1. The van der Waals surface area contributed by atoms with E-state index >= 15 is 0 Å². The molecule has 4 aliphatic carbocycles. The van der Waals surface area contributed by atoms with Crippen LogP contribution < -0.4 is 16.4 Å². The fourth-order valence-corrected chi connectivity index (χ4v) is 11.3. The number of benzene rings is 1. The Bertz CT molecular complexity index is 1110. The molecule has 266 valence electrons. The van der Waals surface area contributed by atoms with Gasteiger partial charge in [0.05, 0.1) is 11.7 Å². The van der Waals surface area contributed by atoms with Gasteiger partial charge in [-0.1, -0.05) is 52.8 Å². The minimum Gasteiger partial charge on any atom is -0.458 e. The fraction of sp³-hybridized carbons (Fsp3) is 0.829. The molecule has 4 fully saturated rings. The highest BCUT2D eigenvalue weighted by Gasteiger charge is 2.63. The summed E-state index contributed by atoms with van der Waals surface area (Å²) in [6.45, 7) is 15.9. The minimum atomic E-state index is -0.206. The van der Waals surface area contributed by atoms with E-state index < -0.39 is 0 Å². The molecule has 1 aromatic rings. The summed E-state index contributed by atoms with van der Waals surface area (Å²) in [6, 6.07) is 10.2. The van der Waals surface area contributed by atoms with Crippen LogP contribution >= 0.6 is 0 Å². The molecule has 5 N–H and O–H groups in total. The van der Waals surface area contributed by atoms with Crippen molar-refractivity contribution in [3.05, 3.63) is 35.9 Å². The van der Waals surface area contributed by atoms with Gasteiger partial charge in [-0.2, -0.15) is 0 Å². The van der Waals surface area contributed by atoms with Crippen molar-refractivity contribution in [3.8, 4) is 0 Å². The molecule has 11 atom stereocenters. The first-order valence-electron chi connectivity index (χ1n) is 19.7. The third-order valence-electron chi connectivity index (χ3n) is 14.1. The van der Waals surface area contributed by atoms with Gasteiger partial charge < -0.3 is 26.2 Å². The first-order chi connectivity index (χ1) is 22.6. The minimum absolute atomic E-state index is 0.0105. The van der Waals surface area contributed by atoms with Gasteiger partial charge in [0.2, 0.25) is 0 Å². The highest BCUT2D eigenvalue weighted by atomic mass is 16.5. The van der Waals surface area contributed by atoms with Crippen LogP contribution in [0.3, 0.4) is 0 Å². The van der Waals surface area contributed by atoms with Crippen molar-refractivity contribution in [2.75, 3.05) is 26.2 Å². The molecule has 5 rings (SSSR count). The monoisotopic (exact) mass is 652 g/mol.